The van der Waals surface area contributed by atoms with Crippen molar-refractivity contribution in [1.29, 1.82) is 0 Å². The number of rotatable bonds is 7. The molecule has 1 atom stereocenters. The van der Waals surface area contributed by atoms with Crippen molar-refractivity contribution in [2.24, 2.45) is 5.92 Å². The first-order chi connectivity index (χ1) is 14.3. The molecule has 1 saturated heterocycles. The molecule has 0 N–H and O–H groups in total. The third kappa shape index (κ3) is 6.11. The summed E-state index contributed by atoms with van der Waals surface area (Å²) < 4.78 is 27.9. The Morgan fingerprint density at radius 2 is 1.90 bits per heavy atom. The van der Waals surface area contributed by atoms with E-state index in [0.717, 1.165) is 11.1 Å². The summed E-state index contributed by atoms with van der Waals surface area (Å²) in [4.78, 5) is 4.31. The second-order valence-electron chi connectivity index (χ2n) is 7.09. The van der Waals surface area contributed by atoms with Crippen LogP contribution in [-0.2, 0) is 16.1 Å². The van der Waals surface area contributed by atoms with E-state index >= 15 is 0 Å². The van der Waals surface area contributed by atoms with Crippen molar-refractivity contribution in [3.8, 4) is 29.4 Å². The van der Waals surface area contributed by atoms with E-state index in [4.69, 9.17) is 23.7 Å². The molecule has 0 unspecified atom stereocenters. The summed E-state index contributed by atoms with van der Waals surface area (Å²) >= 11 is 0. The number of hydrogen-bond acceptors (Lipinski definition) is 6. The fraction of sp³-hybridized carbons (Fsp3) is 0.435. The van der Waals surface area contributed by atoms with E-state index in [2.05, 4.69) is 16.8 Å². The fourth-order valence-corrected chi connectivity index (χ4v) is 2.80. The lowest BCUT2D eigenvalue weighted by Crippen LogP contribution is -2.33. The van der Waals surface area contributed by atoms with Gasteiger partial charge in [-0.2, -0.15) is 4.98 Å². The van der Waals surface area contributed by atoms with Crippen molar-refractivity contribution in [2.75, 3.05) is 33.5 Å². The van der Waals surface area contributed by atoms with Gasteiger partial charge in [-0.1, -0.05) is 24.0 Å². The first kappa shape index (κ1) is 19.6. The molecule has 2 aliphatic rings. The molecule has 0 radical (unpaired) electrons. The molecule has 6 heteroatoms. The molecule has 152 valence electrons. The molecule has 1 aliphatic carbocycles. The van der Waals surface area contributed by atoms with Crippen LogP contribution in [0, 0.1) is 17.8 Å². The number of ether oxygens (including phenoxy) is 5. The average molecular weight is 395 g/mol. The van der Waals surface area contributed by atoms with Crippen molar-refractivity contribution >= 4 is 0 Å². The lowest BCUT2D eigenvalue weighted by atomic mass is 10.1. The first-order valence-corrected chi connectivity index (χ1v) is 9.90. The molecule has 2 fully saturated rings. The molecule has 1 aromatic heterocycles. The summed E-state index contributed by atoms with van der Waals surface area (Å²) in [6.07, 6.45) is 2.38. The van der Waals surface area contributed by atoms with Crippen molar-refractivity contribution in [3.63, 3.8) is 0 Å². The highest BCUT2D eigenvalue weighted by Crippen LogP contribution is 2.27. The van der Waals surface area contributed by atoms with Gasteiger partial charge in [0.15, 0.2) is 0 Å². The molecule has 2 heterocycles. The zero-order valence-corrected chi connectivity index (χ0v) is 16.6. The van der Waals surface area contributed by atoms with E-state index in [9.17, 15) is 0 Å². The Morgan fingerprint density at radius 1 is 1.07 bits per heavy atom. The molecule has 4 rings (SSSR count). The van der Waals surface area contributed by atoms with Gasteiger partial charge in [-0.15, -0.1) is 0 Å². The SMILES string of the molecule is COc1cc(OCc2ccc(C#CC3CC3)cc2)cc(OC[C@H]2COCCO2)n1. The number of benzene rings is 1. The number of aromatic nitrogens is 1. The van der Waals surface area contributed by atoms with Gasteiger partial charge in [0.2, 0.25) is 11.8 Å². The molecule has 1 aromatic carbocycles. The van der Waals surface area contributed by atoms with Crippen LogP contribution in [0.25, 0.3) is 0 Å². The molecular weight excluding hydrogens is 370 g/mol. The Kier molecular flexibility index (Phi) is 6.50. The molecule has 0 bridgehead atoms. The number of methoxy groups -OCH3 is 1. The predicted molar refractivity (Wildman–Crippen MR) is 107 cm³/mol. The van der Waals surface area contributed by atoms with Crippen LogP contribution >= 0.6 is 0 Å². The Morgan fingerprint density at radius 3 is 2.62 bits per heavy atom. The molecule has 6 nitrogen and oxygen atoms in total. The van der Waals surface area contributed by atoms with Gasteiger partial charge < -0.3 is 23.7 Å². The molecule has 29 heavy (non-hydrogen) atoms. The maximum Gasteiger partial charge on any atom is 0.220 e. The Balaban J connectivity index is 1.34. The van der Waals surface area contributed by atoms with Gasteiger partial charge in [-0.3, -0.25) is 0 Å². The predicted octanol–water partition coefficient (Wildman–Crippen LogP) is 3.22. The molecular formula is C23H25NO5. The highest BCUT2D eigenvalue weighted by molar-refractivity contribution is 5.37. The maximum absolute atomic E-state index is 5.92. The van der Waals surface area contributed by atoms with Crippen LogP contribution in [0.1, 0.15) is 24.0 Å². The lowest BCUT2D eigenvalue weighted by molar-refractivity contribution is -0.102. The van der Waals surface area contributed by atoms with Crippen LogP contribution in [0.4, 0.5) is 0 Å². The van der Waals surface area contributed by atoms with Crippen molar-refractivity contribution in [3.05, 3.63) is 47.5 Å². The largest absolute Gasteiger partial charge is 0.489 e. The van der Waals surface area contributed by atoms with E-state index < -0.39 is 0 Å². The summed E-state index contributed by atoms with van der Waals surface area (Å²) in [5.74, 6) is 8.59. The van der Waals surface area contributed by atoms with E-state index in [1.54, 1.807) is 19.2 Å². The molecule has 1 saturated carbocycles. The molecule has 0 spiro atoms. The molecule has 0 amide bonds. The summed E-state index contributed by atoms with van der Waals surface area (Å²) in [6.45, 7) is 2.53. The Labute approximate surface area is 171 Å². The summed E-state index contributed by atoms with van der Waals surface area (Å²) in [5.41, 5.74) is 2.10. The van der Waals surface area contributed by atoms with Gasteiger partial charge in [0.1, 0.15) is 25.1 Å². The monoisotopic (exact) mass is 395 g/mol. The van der Waals surface area contributed by atoms with Crippen LogP contribution < -0.4 is 14.2 Å². The summed E-state index contributed by atoms with van der Waals surface area (Å²) in [5, 5.41) is 0. The highest BCUT2D eigenvalue weighted by Gasteiger charge is 2.18. The van der Waals surface area contributed by atoms with Crippen LogP contribution in [0.2, 0.25) is 0 Å². The van der Waals surface area contributed by atoms with Gasteiger partial charge in [0.05, 0.1) is 26.9 Å². The van der Waals surface area contributed by atoms with Crippen LogP contribution in [0.3, 0.4) is 0 Å². The van der Waals surface area contributed by atoms with Gasteiger partial charge in [0.25, 0.3) is 0 Å². The van der Waals surface area contributed by atoms with Crippen LogP contribution in [0.5, 0.6) is 17.5 Å². The van der Waals surface area contributed by atoms with E-state index in [-0.39, 0.29) is 6.10 Å². The topological polar surface area (TPSA) is 59.0 Å². The standard InChI is InChI=1S/C23H25NO5/c1-25-22-12-20(13-23(24-22)29-16-21-15-26-10-11-27-21)28-14-19-8-6-18(7-9-19)5-4-17-2-3-17/h6-9,12-13,17,21H,2-3,10-11,14-16H2,1H3/t21-/m1/s1. The van der Waals surface area contributed by atoms with Gasteiger partial charge >= 0.3 is 0 Å². The Bertz CT molecular complexity index is 861. The number of hydrogen-bond donors (Lipinski definition) is 0. The highest BCUT2D eigenvalue weighted by atomic mass is 16.6. The second-order valence-corrected chi connectivity index (χ2v) is 7.09. The lowest BCUT2D eigenvalue weighted by Gasteiger charge is -2.22. The number of pyridine rings is 1. The maximum atomic E-state index is 5.92. The van der Waals surface area contributed by atoms with Crippen molar-refractivity contribution in [1.82, 2.24) is 4.98 Å². The fourth-order valence-electron chi connectivity index (χ4n) is 2.80. The van der Waals surface area contributed by atoms with Crippen LogP contribution in [-0.4, -0.2) is 44.6 Å². The van der Waals surface area contributed by atoms with E-state index in [1.165, 1.54) is 12.8 Å². The van der Waals surface area contributed by atoms with Gasteiger partial charge in [-0.25, -0.2) is 0 Å². The van der Waals surface area contributed by atoms with Crippen LogP contribution in [0.15, 0.2) is 36.4 Å². The molecule has 1 aliphatic heterocycles. The minimum Gasteiger partial charge on any atom is -0.489 e. The summed E-state index contributed by atoms with van der Waals surface area (Å²) in [7, 11) is 1.56. The molecule has 2 aromatic rings. The minimum absolute atomic E-state index is 0.0948. The number of nitrogens with zero attached hydrogens (tertiary/aromatic N) is 1. The average Bonchev–Trinajstić information content (AvgIpc) is 3.61. The quantitative estimate of drug-likeness (QED) is 0.671. The van der Waals surface area contributed by atoms with Gasteiger partial charge in [0, 0.05) is 23.6 Å². The normalized spacial score (nSPS) is 18.4. The smallest absolute Gasteiger partial charge is 0.220 e. The third-order valence-electron chi connectivity index (χ3n) is 4.62. The summed E-state index contributed by atoms with van der Waals surface area (Å²) in [6, 6.07) is 11.6. The first-order valence-electron chi connectivity index (χ1n) is 9.90. The van der Waals surface area contributed by atoms with Crippen molar-refractivity contribution in [2.45, 2.75) is 25.6 Å². The van der Waals surface area contributed by atoms with Crippen molar-refractivity contribution < 1.29 is 23.7 Å². The Hall–Kier alpha value is -2.75. The van der Waals surface area contributed by atoms with E-state index in [0.29, 0.717) is 56.5 Å². The van der Waals surface area contributed by atoms with E-state index in [1.807, 2.05) is 24.3 Å². The van der Waals surface area contributed by atoms with Gasteiger partial charge in [-0.05, 0) is 30.5 Å². The third-order valence-corrected chi connectivity index (χ3v) is 4.62. The minimum atomic E-state index is -0.0948. The zero-order valence-electron chi connectivity index (χ0n) is 16.6. The zero-order chi connectivity index (χ0) is 19.9. The second kappa shape index (κ2) is 9.64.